The van der Waals surface area contributed by atoms with Gasteiger partial charge >= 0.3 is 0 Å². The number of hydrogen-bond acceptors (Lipinski definition) is 1. The zero-order valence-electron chi connectivity index (χ0n) is 15.1. The SMILES string of the molecule is CCC=CC1/C=C\c2cccc3c2C(=N)C2=C(C(F)=CCC21)C3(C)C. The van der Waals surface area contributed by atoms with Gasteiger partial charge in [-0.3, -0.25) is 5.41 Å². The molecule has 1 N–H and O–H groups in total. The Balaban J connectivity index is 2.06. The molecule has 0 spiro atoms. The molecule has 0 amide bonds. The molecule has 0 heterocycles. The second kappa shape index (κ2) is 5.66. The van der Waals surface area contributed by atoms with Crippen LogP contribution in [0.1, 0.15) is 50.3 Å². The van der Waals surface area contributed by atoms with E-state index in [9.17, 15) is 4.39 Å². The van der Waals surface area contributed by atoms with Crippen molar-refractivity contribution in [1.29, 1.82) is 5.41 Å². The molecule has 0 aliphatic heterocycles. The average Bonchev–Trinajstić information content (AvgIpc) is 2.59. The van der Waals surface area contributed by atoms with Crippen molar-refractivity contribution in [2.24, 2.45) is 11.8 Å². The van der Waals surface area contributed by atoms with Gasteiger partial charge in [-0.15, -0.1) is 0 Å². The van der Waals surface area contributed by atoms with Gasteiger partial charge < -0.3 is 0 Å². The van der Waals surface area contributed by atoms with E-state index in [0.29, 0.717) is 12.1 Å². The van der Waals surface area contributed by atoms with Gasteiger partial charge in [0.05, 0.1) is 5.71 Å². The number of hydrogen-bond donors (Lipinski definition) is 1. The summed E-state index contributed by atoms with van der Waals surface area (Å²) >= 11 is 0. The van der Waals surface area contributed by atoms with E-state index in [-0.39, 0.29) is 17.7 Å². The molecule has 1 aromatic carbocycles. The first-order valence-corrected chi connectivity index (χ1v) is 9.15. The Kier molecular flexibility index (Phi) is 3.68. The standard InChI is InChI=1S/C23H24FN/c1-4-5-7-14-10-11-15-8-6-9-17-19(15)22(25)20-16(14)12-13-18(24)21(20)23(17,2)3/h5-11,13-14,16,25H,4,12H2,1-3H3/b7-5?,11-10-,25-22?. The molecule has 0 aromatic heterocycles. The Hall–Kier alpha value is -2.22. The molecule has 3 aliphatic carbocycles. The van der Waals surface area contributed by atoms with Crippen LogP contribution < -0.4 is 0 Å². The lowest BCUT2D eigenvalue weighted by molar-refractivity contribution is 0.471. The third-order valence-corrected chi connectivity index (χ3v) is 5.90. The molecule has 0 saturated heterocycles. The van der Waals surface area contributed by atoms with Crippen molar-refractivity contribution in [3.63, 3.8) is 0 Å². The van der Waals surface area contributed by atoms with Crippen molar-refractivity contribution in [3.8, 4) is 0 Å². The highest BCUT2D eigenvalue weighted by Crippen LogP contribution is 2.52. The summed E-state index contributed by atoms with van der Waals surface area (Å²) in [4.78, 5) is 0. The molecule has 3 aliphatic rings. The summed E-state index contributed by atoms with van der Waals surface area (Å²) in [5.74, 6) is 0.196. The Morgan fingerprint density at radius 1 is 1.32 bits per heavy atom. The van der Waals surface area contributed by atoms with E-state index in [0.717, 1.165) is 34.3 Å². The van der Waals surface area contributed by atoms with Crippen LogP contribution in [-0.2, 0) is 5.41 Å². The molecule has 0 saturated carbocycles. The van der Waals surface area contributed by atoms with Crippen LogP contribution in [0.4, 0.5) is 4.39 Å². The highest BCUT2D eigenvalue weighted by molar-refractivity contribution is 6.17. The summed E-state index contributed by atoms with van der Waals surface area (Å²) in [6.07, 6.45) is 12.2. The molecule has 0 fully saturated rings. The topological polar surface area (TPSA) is 23.9 Å². The zero-order valence-corrected chi connectivity index (χ0v) is 15.1. The maximum atomic E-state index is 15.0. The van der Waals surface area contributed by atoms with Crippen LogP contribution in [0.3, 0.4) is 0 Å². The van der Waals surface area contributed by atoms with Crippen LogP contribution in [0.5, 0.6) is 0 Å². The smallest absolute Gasteiger partial charge is 0.123 e. The second-order valence-corrected chi connectivity index (χ2v) is 7.73. The van der Waals surface area contributed by atoms with E-state index in [1.807, 2.05) is 6.07 Å². The highest BCUT2D eigenvalue weighted by atomic mass is 19.1. The van der Waals surface area contributed by atoms with E-state index in [1.54, 1.807) is 6.08 Å². The highest BCUT2D eigenvalue weighted by Gasteiger charge is 2.45. The molecule has 128 valence electrons. The molecule has 1 nitrogen and oxygen atoms in total. The minimum atomic E-state index is -0.422. The Labute approximate surface area is 149 Å². The number of halogens is 1. The Bertz CT molecular complexity index is 879. The van der Waals surface area contributed by atoms with E-state index < -0.39 is 5.41 Å². The predicted molar refractivity (Wildman–Crippen MR) is 103 cm³/mol. The molecule has 2 heteroatoms. The lowest BCUT2D eigenvalue weighted by atomic mass is 9.60. The third-order valence-electron chi connectivity index (χ3n) is 5.90. The van der Waals surface area contributed by atoms with Crippen LogP contribution >= 0.6 is 0 Å². The average molecular weight is 333 g/mol. The van der Waals surface area contributed by atoms with Crippen LogP contribution in [0, 0.1) is 17.2 Å². The summed E-state index contributed by atoms with van der Waals surface area (Å²) < 4.78 is 15.0. The van der Waals surface area contributed by atoms with Crippen molar-refractivity contribution < 1.29 is 4.39 Å². The largest absolute Gasteiger partial charge is 0.300 e. The molecule has 4 rings (SSSR count). The van der Waals surface area contributed by atoms with Crippen molar-refractivity contribution in [2.75, 3.05) is 0 Å². The first kappa shape index (κ1) is 16.3. The molecular weight excluding hydrogens is 309 g/mol. The van der Waals surface area contributed by atoms with Gasteiger partial charge in [0.25, 0.3) is 0 Å². The first-order chi connectivity index (χ1) is 12.0. The number of benzene rings is 1. The van der Waals surface area contributed by atoms with E-state index in [1.165, 1.54) is 0 Å². The summed E-state index contributed by atoms with van der Waals surface area (Å²) in [7, 11) is 0. The van der Waals surface area contributed by atoms with Gasteiger partial charge in [0.2, 0.25) is 0 Å². The van der Waals surface area contributed by atoms with E-state index in [4.69, 9.17) is 5.41 Å². The van der Waals surface area contributed by atoms with Gasteiger partial charge in [-0.2, -0.15) is 0 Å². The number of nitrogens with one attached hydrogen (secondary N) is 1. The lowest BCUT2D eigenvalue weighted by Gasteiger charge is -2.43. The van der Waals surface area contributed by atoms with Crippen molar-refractivity contribution in [1.82, 2.24) is 0 Å². The molecule has 2 unspecified atom stereocenters. The first-order valence-electron chi connectivity index (χ1n) is 9.15. The minimum Gasteiger partial charge on any atom is -0.300 e. The van der Waals surface area contributed by atoms with E-state index in [2.05, 4.69) is 57.2 Å². The van der Waals surface area contributed by atoms with Crippen molar-refractivity contribution in [2.45, 2.75) is 39.0 Å². The third kappa shape index (κ3) is 2.23. The Morgan fingerprint density at radius 3 is 2.88 bits per heavy atom. The normalized spacial score (nSPS) is 27.8. The number of allylic oxidation sites excluding steroid dienone is 7. The summed E-state index contributed by atoms with van der Waals surface area (Å²) in [5.41, 5.74) is 4.86. The van der Waals surface area contributed by atoms with Crippen LogP contribution in [-0.4, -0.2) is 5.71 Å². The molecule has 2 bridgehead atoms. The zero-order chi connectivity index (χ0) is 17.8. The van der Waals surface area contributed by atoms with Gasteiger partial charge in [-0.25, -0.2) is 4.39 Å². The summed E-state index contributed by atoms with van der Waals surface area (Å²) in [6.45, 7) is 6.31. The summed E-state index contributed by atoms with van der Waals surface area (Å²) in [6, 6.07) is 6.15. The van der Waals surface area contributed by atoms with Gasteiger partial charge in [-0.1, -0.05) is 63.3 Å². The van der Waals surface area contributed by atoms with Crippen LogP contribution in [0.15, 0.2) is 59.5 Å². The fourth-order valence-corrected chi connectivity index (χ4v) is 4.68. The van der Waals surface area contributed by atoms with Gasteiger partial charge in [0.1, 0.15) is 5.83 Å². The van der Waals surface area contributed by atoms with Gasteiger partial charge in [0.15, 0.2) is 0 Å². The van der Waals surface area contributed by atoms with Gasteiger partial charge in [-0.05, 0) is 41.5 Å². The summed E-state index contributed by atoms with van der Waals surface area (Å²) in [5, 5.41) is 8.93. The predicted octanol–water partition coefficient (Wildman–Crippen LogP) is 6.12. The molecule has 2 atom stereocenters. The monoisotopic (exact) mass is 333 g/mol. The fourth-order valence-electron chi connectivity index (χ4n) is 4.68. The lowest BCUT2D eigenvalue weighted by Crippen LogP contribution is -2.38. The van der Waals surface area contributed by atoms with Crippen LogP contribution in [0.25, 0.3) is 6.08 Å². The maximum absolute atomic E-state index is 15.0. The molecule has 0 radical (unpaired) electrons. The maximum Gasteiger partial charge on any atom is 0.123 e. The fraction of sp³-hybridized carbons (Fsp3) is 0.348. The quantitative estimate of drug-likeness (QED) is 0.630. The van der Waals surface area contributed by atoms with Crippen molar-refractivity contribution in [3.05, 3.63) is 76.2 Å². The number of rotatable bonds is 2. The molecule has 25 heavy (non-hydrogen) atoms. The van der Waals surface area contributed by atoms with Crippen LogP contribution in [0.2, 0.25) is 0 Å². The molecular formula is C23H24FN. The second-order valence-electron chi connectivity index (χ2n) is 7.73. The van der Waals surface area contributed by atoms with Crippen molar-refractivity contribution >= 4 is 11.8 Å². The molecule has 1 aromatic rings. The Morgan fingerprint density at radius 2 is 2.12 bits per heavy atom. The van der Waals surface area contributed by atoms with Gasteiger partial charge in [0, 0.05) is 22.5 Å². The van der Waals surface area contributed by atoms with E-state index >= 15 is 0 Å². The minimum absolute atomic E-state index is 0.139.